The van der Waals surface area contributed by atoms with Crippen LogP contribution in [-0.4, -0.2) is 96.5 Å². The normalized spacial score (nSPS) is 18.8. The molecule has 0 bridgehead atoms. The van der Waals surface area contributed by atoms with Crippen molar-refractivity contribution in [2.75, 3.05) is 45.2 Å². The maximum Gasteiger partial charge on any atom is 0.335 e. The predicted octanol–water partition coefficient (Wildman–Crippen LogP) is 20.7. The molecule has 12 aromatic carbocycles. The molecule has 18 rings (SSSR count). The van der Waals surface area contributed by atoms with Crippen LogP contribution in [0.1, 0.15) is 113 Å². The molecule has 8 atom stereocenters. The molecule has 5 fully saturated rings. The molecule has 4 saturated carbocycles. The van der Waals surface area contributed by atoms with E-state index >= 15 is 0 Å². The lowest BCUT2D eigenvalue weighted by Gasteiger charge is -2.58. The van der Waals surface area contributed by atoms with Crippen LogP contribution in [-0.2, 0) is 55.2 Å². The van der Waals surface area contributed by atoms with E-state index in [-0.39, 0.29) is 96.2 Å². The summed E-state index contributed by atoms with van der Waals surface area (Å²) < 4.78 is 68.3. The molecule has 1 saturated heterocycles. The maximum atomic E-state index is 13.9. The van der Waals surface area contributed by atoms with E-state index in [4.69, 9.17) is 19.7 Å². The average molecular weight is 2480 g/mol. The summed E-state index contributed by atoms with van der Waals surface area (Å²) in [6.45, 7) is 13.6. The number of carbonyl (C=O) groups is 7. The van der Waals surface area contributed by atoms with Gasteiger partial charge in [0.1, 0.15) is 49.3 Å². The number of morpholine rings is 1. The predicted molar refractivity (Wildman–Crippen MR) is 564 cm³/mol. The van der Waals surface area contributed by atoms with Gasteiger partial charge in [-0.15, -0.1) is 0 Å². The molecule has 1 aliphatic heterocycles. The number of anilines is 1. The molecule has 13 aromatic rings. The second kappa shape index (κ2) is 51.0. The van der Waals surface area contributed by atoms with Gasteiger partial charge in [0.25, 0.3) is 0 Å². The van der Waals surface area contributed by atoms with E-state index in [0.717, 1.165) is 80.2 Å². The fourth-order valence-corrected chi connectivity index (χ4v) is 30.2. The van der Waals surface area contributed by atoms with Gasteiger partial charge in [0.05, 0.1) is 63.7 Å². The first kappa shape index (κ1) is 109. The highest BCUT2D eigenvalue weighted by Crippen LogP contribution is 2.67. The van der Waals surface area contributed by atoms with E-state index in [1.165, 1.54) is 65.4 Å². The Bertz CT molecular complexity index is 5910. The summed E-state index contributed by atoms with van der Waals surface area (Å²) in [7, 11) is 0.0302. The highest BCUT2D eigenvalue weighted by molar-refractivity contribution is 14.1. The van der Waals surface area contributed by atoms with Gasteiger partial charge in [0.15, 0.2) is 66.9 Å². The van der Waals surface area contributed by atoms with Gasteiger partial charge in [-0.3, -0.25) is 19.2 Å². The number of halogens is 9. The molecule has 29 heteroatoms. The van der Waals surface area contributed by atoms with Crippen molar-refractivity contribution in [3.05, 3.63) is 337 Å². The number of ether oxygens (including phenoxy) is 2. The van der Waals surface area contributed by atoms with E-state index in [9.17, 15) is 71.5 Å². The number of aliphatic hydroxyl groups is 1. The monoisotopic (exact) mass is 2470 g/mol. The van der Waals surface area contributed by atoms with Crippen LogP contribution in [0.2, 0.25) is 0 Å². The van der Waals surface area contributed by atoms with Crippen molar-refractivity contribution in [3.8, 4) is 16.4 Å². The molecular weight excluding hydrogens is 2370 g/mol. The van der Waals surface area contributed by atoms with Crippen LogP contribution in [0.4, 0.5) is 23.2 Å². The van der Waals surface area contributed by atoms with Crippen LogP contribution in [0.3, 0.4) is 0 Å². The highest BCUT2D eigenvalue weighted by Gasteiger charge is 2.66. The summed E-state index contributed by atoms with van der Waals surface area (Å²) in [6, 6.07) is 99.5. The van der Waals surface area contributed by atoms with Crippen molar-refractivity contribution in [1.82, 2.24) is 0 Å². The van der Waals surface area contributed by atoms with Gasteiger partial charge in [-0.1, -0.05) is 184 Å². The minimum absolute atomic E-state index is 0.0146. The number of thiophene rings is 1. The summed E-state index contributed by atoms with van der Waals surface area (Å²) in [5.41, 5.74) is -1.05. The molecule has 0 amide bonds. The zero-order chi connectivity index (χ0) is 99.0. The zero-order valence-corrected chi connectivity index (χ0v) is 88.8. The second-order valence-electron chi connectivity index (χ2n) is 34.3. The number of quaternary nitrogens is 1. The Morgan fingerprint density at radius 3 is 1.36 bits per heavy atom. The molecule has 17 nitrogen and oxygen atoms in total. The Labute approximate surface area is 872 Å². The Balaban J connectivity index is 0.000000158. The van der Waals surface area contributed by atoms with Crippen LogP contribution >= 0.6 is 123 Å². The van der Waals surface area contributed by atoms with Crippen LogP contribution in [0.15, 0.2) is 314 Å². The third-order valence-electron chi connectivity index (χ3n) is 25.2. The third-order valence-corrected chi connectivity index (χ3v) is 35.6. The molecule has 0 unspecified atom stereocenters. The summed E-state index contributed by atoms with van der Waals surface area (Å²) in [4.78, 5) is 93.3. The smallest absolute Gasteiger partial charge is 0.335 e. The van der Waals surface area contributed by atoms with Gasteiger partial charge in [-0.25, -0.2) is 22.4 Å². The first-order valence-corrected chi connectivity index (χ1v) is 53.4. The molecule has 137 heavy (non-hydrogen) atoms. The molecular formula is C108H103F4I5N2O15S3. The van der Waals surface area contributed by atoms with Gasteiger partial charge >= 0.3 is 11.9 Å². The molecule has 0 spiro atoms. The number of carboxylic acid groups (broad SMARTS) is 3. The van der Waals surface area contributed by atoms with E-state index in [0.29, 0.717) is 60.3 Å². The lowest BCUT2D eigenvalue weighted by atomic mass is 9.44. The number of nitrogen functional groups attached to an aromatic ring is 1. The number of carbonyl (C=O) groups excluding carboxylic acids is 6. The molecule has 0 radical (unpaired) electrons. The van der Waals surface area contributed by atoms with E-state index in [1.54, 1.807) is 6.07 Å². The Morgan fingerprint density at radius 2 is 0.956 bits per heavy atom. The van der Waals surface area contributed by atoms with Crippen LogP contribution in [0, 0.1) is 87.5 Å². The lowest BCUT2D eigenvalue weighted by molar-refractivity contribution is -0.908. The average Bonchev–Trinajstić information content (AvgIpc) is 1.68. The molecule has 1 aromatic heterocycles. The van der Waals surface area contributed by atoms with Crippen molar-refractivity contribution >= 4 is 212 Å². The number of aromatic carboxylic acids is 2. The number of ketones is 3. The summed E-state index contributed by atoms with van der Waals surface area (Å²) in [5, 5.41) is 61.9. The first-order chi connectivity index (χ1) is 65.4. The van der Waals surface area contributed by atoms with Crippen LogP contribution in [0.25, 0.3) is 25.1 Å². The SMILES string of the molecule is CC(C)(O)C(=O)[O-].C[C@H](CCC(=O)OCC[NH+]1CCOCC1)[C@H]1CC[C@H]2[C@@H]3C(=O)C[C@@H]4CC(=O)CC[C@]4(C)[C@H]3CC(=O)[C@]12C.Nc1c(F)c(F)c(C(=O)[O-])c(F)c1F.O=C(O)c1cc(I)cc(I)c1[O-].[O-]c1c(I)cc(I)cc1I.c1ccc(-[s+]2c3ccccc3c3ccccc32)cc1.c1ccc([S+](c2ccccc2)c2ccccc2)cc1.c1ccc([S+](c2ccccc2)c2ccccc2)cc1. The number of hydrogen-bond donors (Lipinski definition) is 4. The van der Waals surface area contributed by atoms with Gasteiger partial charge in [-0.2, -0.15) is 0 Å². The number of hydrogen-bond acceptors (Lipinski definition) is 15. The van der Waals surface area contributed by atoms with Crippen molar-refractivity contribution in [2.24, 2.45) is 46.3 Å². The maximum absolute atomic E-state index is 13.9. The first-order valence-electron chi connectivity index (χ1n) is 44.3. The topological polar surface area (TPSA) is 301 Å². The van der Waals surface area contributed by atoms with E-state index in [2.05, 4.69) is 355 Å². The van der Waals surface area contributed by atoms with Crippen molar-refractivity contribution < 1.29 is 96.1 Å². The second-order valence-corrected chi connectivity index (χ2v) is 46.3. The summed E-state index contributed by atoms with van der Waals surface area (Å²) in [5.74, 6) is -12.0. The third kappa shape index (κ3) is 27.9. The fourth-order valence-electron chi connectivity index (χ4n) is 18.1. The lowest BCUT2D eigenvalue weighted by Crippen LogP contribution is -3.14. The number of esters is 1. The highest BCUT2D eigenvalue weighted by atomic mass is 127. The van der Waals surface area contributed by atoms with E-state index in [1.807, 2.05) is 57.3 Å². The standard InChI is InChI=1S/C30H45NO6.C18H13S.2C18H15S.C7H3F4NO2.C7H4I2O3.C6H3I3O.C4H8O3/c1-19(4-7-27(35)37-15-12-31-10-13-36-14-11-31)22-5-6-23-28-24(18-26(34)30(22,23)3)29(2)9-8-21(32)16-20(29)17-25(28)33;1-2-8-14(9-3-1)19-17-12-6-4-10-15(17)16-11-5-7-13-18(16)19;2*1-4-10-16(11-5-1)19(17-12-6-2-7-13-17)18-14-8-3-9-15-18;8-2-1(7(13)14)3(9)5(11)6(12)4(2)10;8-3-1-4(7(11)12)6(10)5(9)2-3;7-3-1-4(8)6(10)5(9)2-3;1-4(2,7)3(5)6/h19-20,22-24,28H,4-18H2,1-3H3;1-13H;2*1-15H;12H2,(H,13,14);1-2,10H,(H,11,12);1-2,10H;7H,1-2H3,(H,5,6)/q;3*+1;;;;/p-3/t19-,20+,22-,23+,24+,28+,29+,30-;;;;;;;/m1......./s1. The molecule has 5 aliphatic rings. The summed E-state index contributed by atoms with van der Waals surface area (Å²) in [6.07, 6.45) is 5.83. The van der Waals surface area contributed by atoms with Gasteiger partial charge in [0.2, 0.25) is 0 Å². The quantitative estimate of drug-likeness (QED) is 0.0164. The van der Waals surface area contributed by atoms with Crippen molar-refractivity contribution in [2.45, 2.75) is 127 Å². The number of carboxylic acids is 3. The van der Waals surface area contributed by atoms with Gasteiger partial charge in [0, 0.05) is 82.5 Å². The van der Waals surface area contributed by atoms with Gasteiger partial charge < -0.3 is 60.3 Å². The minimum Gasteiger partial charge on any atom is -0.871 e. The number of Topliss-reactive ketones (excluding diaryl/α,β-unsaturated/α-hetero) is 3. The molecule has 4 aliphatic carbocycles. The van der Waals surface area contributed by atoms with Crippen LogP contribution in [0.5, 0.6) is 11.5 Å². The molecule has 2 heterocycles. The van der Waals surface area contributed by atoms with E-state index < -0.39 is 69.2 Å². The van der Waals surface area contributed by atoms with Gasteiger partial charge in [-0.05, 0) is 321 Å². The number of fused-ring (bicyclic) bond motifs is 8. The number of nitrogens with one attached hydrogen (secondary N) is 1. The molecule has 716 valence electrons. The van der Waals surface area contributed by atoms with Crippen molar-refractivity contribution in [1.29, 1.82) is 0 Å². The zero-order valence-electron chi connectivity index (χ0n) is 75.6. The van der Waals surface area contributed by atoms with Crippen molar-refractivity contribution in [3.63, 3.8) is 0 Å². The number of rotatable bonds is 17. The molecule has 5 N–H and O–H groups in total. The minimum atomic E-state index is -2.36. The number of benzene rings is 12. The fraction of sp³-hybridized carbons (Fsp3) is 0.269. The number of aliphatic carboxylic acids is 1. The largest absolute Gasteiger partial charge is 0.871 e. The Morgan fingerprint density at radius 1 is 0.562 bits per heavy atom. The number of nitrogens with two attached hydrogens (primary N) is 1. The summed E-state index contributed by atoms with van der Waals surface area (Å²) >= 11 is 10.1. The van der Waals surface area contributed by atoms with Crippen LogP contribution < -0.4 is 31.1 Å². The Hall–Kier alpha value is -8.90. The Kier molecular flexibility index (Phi) is 40.4.